The number of aromatic nitrogens is 2. The summed E-state index contributed by atoms with van der Waals surface area (Å²) in [5.74, 6) is 1.41. The van der Waals surface area contributed by atoms with E-state index in [1.165, 1.54) is 12.8 Å². The minimum Gasteiger partial charge on any atom is -0.353 e. The summed E-state index contributed by atoms with van der Waals surface area (Å²) in [6, 6.07) is 0.589. The van der Waals surface area contributed by atoms with E-state index >= 15 is 0 Å². The zero-order chi connectivity index (χ0) is 9.97. The van der Waals surface area contributed by atoms with Crippen molar-refractivity contribution >= 4 is 17.4 Å². The van der Waals surface area contributed by atoms with Gasteiger partial charge in [0.2, 0.25) is 0 Å². The number of rotatable bonds is 2. The van der Waals surface area contributed by atoms with Gasteiger partial charge in [0, 0.05) is 12.6 Å². The van der Waals surface area contributed by atoms with Crippen LogP contribution in [0.4, 0.5) is 5.82 Å². The highest BCUT2D eigenvalue weighted by atomic mass is 35.5. The first kappa shape index (κ1) is 9.71. The number of anilines is 1. The second-order valence-corrected chi connectivity index (χ2v) is 3.95. The van der Waals surface area contributed by atoms with Gasteiger partial charge >= 0.3 is 0 Å². The van der Waals surface area contributed by atoms with Crippen molar-refractivity contribution in [2.45, 2.75) is 31.7 Å². The molecular weight excluding hydrogens is 198 g/mol. The van der Waals surface area contributed by atoms with Crippen molar-refractivity contribution in [2.75, 3.05) is 11.4 Å². The van der Waals surface area contributed by atoms with Gasteiger partial charge in [-0.25, -0.2) is 4.98 Å². The lowest BCUT2D eigenvalue weighted by Gasteiger charge is -2.21. The molecule has 76 valence electrons. The Hall–Kier alpha value is -0.830. The quantitative estimate of drug-likeness (QED) is 0.703. The van der Waals surface area contributed by atoms with Crippen LogP contribution >= 0.6 is 11.6 Å². The number of alkyl halides is 1. The molecule has 2 rings (SSSR count). The van der Waals surface area contributed by atoms with Crippen molar-refractivity contribution in [1.29, 1.82) is 0 Å². The first-order chi connectivity index (χ1) is 6.81. The zero-order valence-electron chi connectivity index (χ0n) is 8.28. The van der Waals surface area contributed by atoms with Crippen molar-refractivity contribution in [3.8, 4) is 0 Å². The highest BCUT2D eigenvalue weighted by Crippen LogP contribution is 2.22. The summed E-state index contributed by atoms with van der Waals surface area (Å²) < 4.78 is 0. The molecule has 0 N–H and O–H groups in total. The van der Waals surface area contributed by atoms with E-state index < -0.39 is 0 Å². The average Bonchev–Trinajstić information content (AvgIpc) is 2.65. The third kappa shape index (κ3) is 1.82. The fourth-order valence-electron chi connectivity index (χ4n) is 1.84. The lowest BCUT2D eigenvalue weighted by Crippen LogP contribution is -2.27. The summed E-state index contributed by atoms with van der Waals surface area (Å²) in [5.41, 5.74) is 0.835. The number of hydrogen-bond donors (Lipinski definition) is 0. The average molecular weight is 212 g/mol. The van der Waals surface area contributed by atoms with Gasteiger partial charge in [-0.1, -0.05) is 0 Å². The molecule has 1 unspecified atom stereocenters. The third-order valence-corrected chi connectivity index (χ3v) is 2.95. The van der Waals surface area contributed by atoms with Crippen LogP contribution in [0, 0.1) is 0 Å². The Morgan fingerprint density at radius 1 is 1.50 bits per heavy atom. The Morgan fingerprint density at radius 3 is 2.86 bits per heavy atom. The molecule has 0 radical (unpaired) electrons. The van der Waals surface area contributed by atoms with Crippen LogP contribution in [0.5, 0.6) is 0 Å². The van der Waals surface area contributed by atoms with Gasteiger partial charge in [-0.3, -0.25) is 4.98 Å². The van der Waals surface area contributed by atoms with Gasteiger partial charge in [0.15, 0.2) is 0 Å². The Morgan fingerprint density at radius 2 is 2.36 bits per heavy atom. The van der Waals surface area contributed by atoms with E-state index in [1.54, 1.807) is 6.20 Å². The van der Waals surface area contributed by atoms with Crippen LogP contribution in [0.15, 0.2) is 12.4 Å². The molecule has 0 saturated carbocycles. The molecule has 0 amide bonds. The molecule has 1 saturated heterocycles. The Bertz CT molecular complexity index is 299. The van der Waals surface area contributed by atoms with Gasteiger partial charge in [-0.05, 0) is 19.8 Å². The third-order valence-electron chi connectivity index (χ3n) is 2.68. The van der Waals surface area contributed by atoms with E-state index in [0.717, 1.165) is 18.1 Å². The molecule has 1 aromatic heterocycles. The smallest absolute Gasteiger partial charge is 0.147 e. The van der Waals surface area contributed by atoms with Crippen molar-refractivity contribution in [3.63, 3.8) is 0 Å². The summed E-state index contributed by atoms with van der Waals surface area (Å²) >= 11 is 5.65. The normalized spacial score (nSPS) is 21.6. The van der Waals surface area contributed by atoms with Gasteiger partial charge in [0.25, 0.3) is 0 Å². The molecule has 0 aliphatic carbocycles. The monoisotopic (exact) mass is 211 g/mol. The maximum absolute atomic E-state index is 5.65. The molecule has 1 aliphatic heterocycles. The van der Waals surface area contributed by atoms with Crippen molar-refractivity contribution < 1.29 is 0 Å². The van der Waals surface area contributed by atoms with E-state index in [4.69, 9.17) is 11.6 Å². The number of halogens is 1. The topological polar surface area (TPSA) is 29.0 Å². The maximum Gasteiger partial charge on any atom is 0.147 e. The van der Waals surface area contributed by atoms with Crippen LogP contribution in [-0.2, 0) is 5.88 Å². The van der Waals surface area contributed by atoms with E-state index in [-0.39, 0.29) is 0 Å². The second kappa shape index (κ2) is 4.13. The molecular formula is C10H14ClN3. The minimum atomic E-state index is 0.433. The Labute approximate surface area is 89.1 Å². The van der Waals surface area contributed by atoms with Gasteiger partial charge < -0.3 is 4.90 Å². The van der Waals surface area contributed by atoms with Crippen LogP contribution in [-0.4, -0.2) is 22.6 Å². The van der Waals surface area contributed by atoms with Crippen LogP contribution in [0.1, 0.15) is 25.5 Å². The molecule has 1 aliphatic rings. The van der Waals surface area contributed by atoms with E-state index in [1.807, 2.05) is 6.20 Å². The van der Waals surface area contributed by atoms with Crippen LogP contribution in [0.3, 0.4) is 0 Å². The van der Waals surface area contributed by atoms with Crippen molar-refractivity contribution in [3.05, 3.63) is 18.1 Å². The molecule has 1 fully saturated rings. The van der Waals surface area contributed by atoms with Gasteiger partial charge in [-0.15, -0.1) is 11.6 Å². The fourth-order valence-corrected chi connectivity index (χ4v) is 1.98. The summed E-state index contributed by atoms with van der Waals surface area (Å²) in [4.78, 5) is 10.9. The molecule has 2 heterocycles. The van der Waals surface area contributed by atoms with E-state index in [2.05, 4.69) is 21.8 Å². The first-order valence-corrected chi connectivity index (χ1v) is 5.48. The maximum atomic E-state index is 5.65. The summed E-state index contributed by atoms with van der Waals surface area (Å²) in [5, 5.41) is 0. The van der Waals surface area contributed by atoms with E-state index in [9.17, 15) is 0 Å². The molecule has 0 bridgehead atoms. The van der Waals surface area contributed by atoms with Crippen molar-refractivity contribution in [1.82, 2.24) is 9.97 Å². The summed E-state index contributed by atoms with van der Waals surface area (Å²) in [7, 11) is 0. The second-order valence-electron chi connectivity index (χ2n) is 3.68. The standard InChI is InChI=1S/C10H14ClN3/c1-8-3-2-4-14(8)10-7-12-9(5-11)6-13-10/h6-8H,2-5H2,1H3. The molecule has 4 heteroatoms. The summed E-state index contributed by atoms with van der Waals surface area (Å²) in [6.07, 6.45) is 6.08. The zero-order valence-corrected chi connectivity index (χ0v) is 9.04. The largest absolute Gasteiger partial charge is 0.353 e. The number of nitrogens with zero attached hydrogens (tertiary/aromatic N) is 3. The van der Waals surface area contributed by atoms with Crippen molar-refractivity contribution in [2.24, 2.45) is 0 Å². The van der Waals surface area contributed by atoms with Crippen LogP contribution in [0.2, 0.25) is 0 Å². The lowest BCUT2D eigenvalue weighted by molar-refractivity contribution is 0.724. The highest BCUT2D eigenvalue weighted by Gasteiger charge is 2.21. The summed E-state index contributed by atoms with van der Waals surface area (Å²) in [6.45, 7) is 3.32. The fraction of sp³-hybridized carbons (Fsp3) is 0.600. The Kier molecular flexibility index (Phi) is 2.87. The predicted molar refractivity (Wildman–Crippen MR) is 57.6 cm³/mol. The van der Waals surface area contributed by atoms with E-state index in [0.29, 0.717) is 11.9 Å². The van der Waals surface area contributed by atoms with Crippen LogP contribution in [0.25, 0.3) is 0 Å². The van der Waals surface area contributed by atoms with Gasteiger partial charge in [-0.2, -0.15) is 0 Å². The molecule has 0 aromatic carbocycles. The lowest BCUT2D eigenvalue weighted by atomic mass is 10.2. The first-order valence-electron chi connectivity index (χ1n) is 4.95. The van der Waals surface area contributed by atoms with Crippen LogP contribution < -0.4 is 4.90 Å². The Balaban J connectivity index is 2.16. The predicted octanol–water partition coefficient (Wildman–Crippen LogP) is 2.20. The molecule has 1 aromatic rings. The highest BCUT2D eigenvalue weighted by molar-refractivity contribution is 6.16. The molecule has 3 nitrogen and oxygen atoms in total. The minimum absolute atomic E-state index is 0.433. The van der Waals surface area contributed by atoms with Gasteiger partial charge in [0.1, 0.15) is 5.82 Å². The SMILES string of the molecule is CC1CCCN1c1cnc(CCl)cn1. The molecule has 0 spiro atoms. The van der Waals surface area contributed by atoms with Gasteiger partial charge in [0.05, 0.1) is 24.0 Å². The molecule has 1 atom stereocenters. The number of hydrogen-bond acceptors (Lipinski definition) is 3. The molecule has 14 heavy (non-hydrogen) atoms.